The molecular weight excluding hydrogens is 316 g/mol. The first kappa shape index (κ1) is 14.9. The third-order valence-corrected chi connectivity index (χ3v) is 4.10. The van der Waals surface area contributed by atoms with Gasteiger partial charge in [-0.15, -0.1) is 0 Å². The molecule has 0 heterocycles. The van der Waals surface area contributed by atoms with E-state index in [0.29, 0.717) is 0 Å². The highest BCUT2D eigenvalue weighted by Crippen LogP contribution is 2.40. The molecule has 0 saturated carbocycles. The monoisotopic (exact) mass is 334 g/mol. The first-order valence-corrected chi connectivity index (χ1v) is 7.47. The Balaban J connectivity index is 2.28. The zero-order valence-electron chi connectivity index (χ0n) is 12.0. The van der Waals surface area contributed by atoms with E-state index in [1.807, 2.05) is 18.2 Å². The fraction of sp³-hybridized carbons (Fsp3) is 0.294. The number of rotatable bonds is 5. The van der Waals surface area contributed by atoms with Gasteiger partial charge in [0.2, 0.25) is 0 Å². The standard InChI is InChI=1S/C17H19BrO2/c1-12-7-9-13(10-8-12)11-14(18)17-15(19-2)5-4-6-16(17)20-3/h4-10,14H,11H2,1-3H3. The van der Waals surface area contributed by atoms with Crippen LogP contribution in [0.2, 0.25) is 0 Å². The molecule has 0 fully saturated rings. The molecule has 3 heteroatoms. The van der Waals surface area contributed by atoms with E-state index in [-0.39, 0.29) is 4.83 Å². The molecule has 1 unspecified atom stereocenters. The topological polar surface area (TPSA) is 18.5 Å². The molecule has 0 N–H and O–H groups in total. The first-order valence-electron chi connectivity index (χ1n) is 6.56. The van der Waals surface area contributed by atoms with Crippen molar-refractivity contribution < 1.29 is 9.47 Å². The van der Waals surface area contributed by atoms with Gasteiger partial charge in [0.25, 0.3) is 0 Å². The zero-order chi connectivity index (χ0) is 14.5. The third kappa shape index (κ3) is 3.34. The van der Waals surface area contributed by atoms with Crippen molar-refractivity contribution >= 4 is 15.9 Å². The Hall–Kier alpha value is -1.48. The summed E-state index contributed by atoms with van der Waals surface area (Å²) in [5.41, 5.74) is 3.61. The fourth-order valence-electron chi connectivity index (χ4n) is 2.22. The molecule has 2 rings (SSSR count). The largest absolute Gasteiger partial charge is 0.496 e. The zero-order valence-corrected chi connectivity index (χ0v) is 13.6. The van der Waals surface area contributed by atoms with Crippen LogP contribution in [0.15, 0.2) is 42.5 Å². The lowest BCUT2D eigenvalue weighted by molar-refractivity contribution is 0.385. The van der Waals surface area contributed by atoms with E-state index < -0.39 is 0 Å². The van der Waals surface area contributed by atoms with Crippen molar-refractivity contribution in [2.75, 3.05) is 14.2 Å². The highest BCUT2D eigenvalue weighted by atomic mass is 79.9. The molecule has 0 bridgehead atoms. The van der Waals surface area contributed by atoms with Crippen molar-refractivity contribution in [2.45, 2.75) is 18.2 Å². The number of halogens is 1. The fourth-order valence-corrected chi connectivity index (χ4v) is 3.05. The first-order chi connectivity index (χ1) is 9.65. The summed E-state index contributed by atoms with van der Waals surface area (Å²) in [6, 6.07) is 14.4. The van der Waals surface area contributed by atoms with Crippen LogP contribution in [0, 0.1) is 6.92 Å². The van der Waals surface area contributed by atoms with E-state index in [4.69, 9.17) is 9.47 Å². The Morgan fingerprint density at radius 1 is 0.950 bits per heavy atom. The maximum atomic E-state index is 5.46. The third-order valence-electron chi connectivity index (χ3n) is 3.31. The predicted octanol–water partition coefficient (Wildman–Crippen LogP) is 4.69. The molecule has 0 aliphatic heterocycles. The molecule has 0 amide bonds. The molecule has 0 aliphatic carbocycles. The normalized spacial score (nSPS) is 12.0. The summed E-state index contributed by atoms with van der Waals surface area (Å²) >= 11 is 3.76. The SMILES string of the molecule is COc1cccc(OC)c1C(Br)Cc1ccc(C)cc1. The molecule has 20 heavy (non-hydrogen) atoms. The Kier molecular flexibility index (Phi) is 5.07. The maximum Gasteiger partial charge on any atom is 0.126 e. The number of hydrogen-bond acceptors (Lipinski definition) is 2. The van der Waals surface area contributed by atoms with Gasteiger partial charge < -0.3 is 9.47 Å². The molecule has 0 spiro atoms. The van der Waals surface area contributed by atoms with Gasteiger partial charge in [0.15, 0.2) is 0 Å². The van der Waals surface area contributed by atoms with Gasteiger partial charge in [-0.1, -0.05) is 51.8 Å². The second kappa shape index (κ2) is 6.80. The lowest BCUT2D eigenvalue weighted by Crippen LogP contribution is -2.02. The molecule has 2 aromatic rings. The number of aryl methyl sites for hydroxylation is 1. The van der Waals surface area contributed by atoms with E-state index in [0.717, 1.165) is 23.5 Å². The Labute approximate surface area is 128 Å². The van der Waals surface area contributed by atoms with Gasteiger partial charge in [0.1, 0.15) is 11.5 Å². The number of benzene rings is 2. The van der Waals surface area contributed by atoms with Gasteiger partial charge >= 0.3 is 0 Å². The second-order valence-electron chi connectivity index (χ2n) is 4.73. The van der Waals surface area contributed by atoms with Crippen LogP contribution < -0.4 is 9.47 Å². The number of hydrogen-bond donors (Lipinski definition) is 0. The van der Waals surface area contributed by atoms with Crippen LogP contribution in [0.3, 0.4) is 0 Å². The maximum absolute atomic E-state index is 5.46. The summed E-state index contributed by atoms with van der Waals surface area (Å²) in [6.45, 7) is 2.10. The molecule has 106 valence electrons. The van der Waals surface area contributed by atoms with E-state index in [9.17, 15) is 0 Å². The summed E-state index contributed by atoms with van der Waals surface area (Å²) < 4.78 is 10.9. The average Bonchev–Trinajstić information content (AvgIpc) is 2.48. The van der Waals surface area contributed by atoms with Crippen LogP contribution in [0.25, 0.3) is 0 Å². The highest BCUT2D eigenvalue weighted by molar-refractivity contribution is 9.09. The lowest BCUT2D eigenvalue weighted by atomic mass is 10.0. The van der Waals surface area contributed by atoms with E-state index >= 15 is 0 Å². The second-order valence-corrected chi connectivity index (χ2v) is 5.84. The molecule has 0 aliphatic rings. The van der Waals surface area contributed by atoms with Gasteiger partial charge in [0, 0.05) is 0 Å². The van der Waals surface area contributed by atoms with Crippen molar-refractivity contribution in [3.8, 4) is 11.5 Å². The molecule has 1 atom stereocenters. The lowest BCUT2D eigenvalue weighted by Gasteiger charge is -2.18. The van der Waals surface area contributed by atoms with Crippen molar-refractivity contribution in [3.63, 3.8) is 0 Å². The molecule has 0 aromatic heterocycles. The van der Waals surface area contributed by atoms with Crippen LogP contribution in [-0.2, 0) is 6.42 Å². The molecule has 0 radical (unpaired) electrons. The van der Waals surface area contributed by atoms with Crippen molar-refractivity contribution in [1.29, 1.82) is 0 Å². The van der Waals surface area contributed by atoms with Crippen LogP contribution in [0.4, 0.5) is 0 Å². The van der Waals surface area contributed by atoms with E-state index in [1.54, 1.807) is 14.2 Å². The predicted molar refractivity (Wildman–Crippen MR) is 86.1 cm³/mol. The van der Waals surface area contributed by atoms with Crippen molar-refractivity contribution in [2.24, 2.45) is 0 Å². The van der Waals surface area contributed by atoms with Gasteiger partial charge in [0.05, 0.1) is 24.6 Å². The number of methoxy groups -OCH3 is 2. The van der Waals surface area contributed by atoms with Gasteiger partial charge in [-0.2, -0.15) is 0 Å². The van der Waals surface area contributed by atoms with Crippen molar-refractivity contribution in [1.82, 2.24) is 0 Å². The minimum Gasteiger partial charge on any atom is -0.496 e. The van der Waals surface area contributed by atoms with Crippen LogP contribution in [-0.4, -0.2) is 14.2 Å². The highest BCUT2D eigenvalue weighted by Gasteiger charge is 2.18. The molecule has 2 aromatic carbocycles. The van der Waals surface area contributed by atoms with Gasteiger partial charge in [-0.3, -0.25) is 0 Å². The molecule has 2 nitrogen and oxygen atoms in total. The van der Waals surface area contributed by atoms with Gasteiger partial charge in [-0.05, 0) is 31.0 Å². The average molecular weight is 335 g/mol. The summed E-state index contributed by atoms with van der Waals surface area (Å²) in [5.74, 6) is 1.69. The quantitative estimate of drug-likeness (QED) is 0.738. The Bertz CT molecular complexity index is 541. The summed E-state index contributed by atoms with van der Waals surface area (Å²) in [6.07, 6.45) is 0.886. The molecule has 0 saturated heterocycles. The minimum absolute atomic E-state index is 0.149. The van der Waals surface area contributed by atoms with Crippen molar-refractivity contribution in [3.05, 3.63) is 59.2 Å². The Morgan fingerprint density at radius 2 is 1.50 bits per heavy atom. The number of ether oxygens (including phenoxy) is 2. The van der Waals surface area contributed by atoms with E-state index in [2.05, 4.69) is 47.1 Å². The van der Waals surface area contributed by atoms with Crippen LogP contribution in [0.1, 0.15) is 21.5 Å². The number of alkyl halides is 1. The van der Waals surface area contributed by atoms with E-state index in [1.165, 1.54) is 11.1 Å². The van der Waals surface area contributed by atoms with Crippen LogP contribution in [0.5, 0.6) is 11.5 Å². The summed E-state index contributed by atoms with van der Waals surface area (Å²) in [7, 11) is 3.37. The van der Waals surface area contributed by atoms with Crippen LogP contribution >= 0.6 is 15.9 Å². The summed E-state index contributed by atoms with van der Waals surface area (Å²) in [4.78, 5) is 0.149. The Morgan fingerprint density at radius 3 is 2.00 bits per heavy atom. The summed E-state index contributed by atoms with van der Waals surface area (Å²) in [5, 5.41) is 0. The smallest absolute Gasteiger partial charge is 0.126 e. The van der Waals surface area contributed by atoms with Gasteiger partial charge in [-0.25, -0.2) is 0 Å². The minimum atomic E-state index is 0.149. The molecular formula is C17H19BrO2.